The van der Waals surface area contributed by atoms with Crippen molar-refractivity contribution in [3.8, 4) is 0 Å². The second kappa shape index (κ2) is 5.14. The van der Waals surface area contributed by atoms with Crippen LogP contribution in [0.25, 0.3) is 0 Å². The number of aliphatic hydroxyl groups excluding tert-OH is 1. The third kappa shape index (κ3) is 3.08. The standard InChI is InChI=1S/C11H12O4S/c1-6(12)4-7-2-3-8(16)5-9(7)10(13)11(14)15/h2-3,5,10,13,16H,4H2,1H3,(H,14,15). The molecule has 1 aromatic rings. The Morgan fingerprint density at radius 2 is 2.06 bits per heavy atom. The molecule has 1 aromatic carbocycles. The van der Waals surface area contributed by atoms with Crippen LogP contribution in [0.2, 0.25) is 0 Å². The van der Waals surface area contributed by atoms with Gasteiger partial charge in [0.1, 0.15) is 5.78 Å². The van der Waals surface area contributed by atoms with Gasteiger partial charge in [0.25, 0.3) is 0 Å². The molecule has 0 fully saturated rings. The van der Waals surface area contributed by atoms with E-state index in [0.717, 1.165) is 0 Å². The van der Waals surface area contributed by atoms with Crippen LogP contribution >= 0.6 is 12.6 Å². The SMILES string of the molecule is CC(=O)Cc1ccc(S)cc1C(O)C(=O)O. The molecule has 0 aromatic heterocycles. The van der Waals surface area contributed by atoms with Gasteiger partial charge in [-0.3, -0.25) is 4.79 Å². The highest BCUT2D eigenvalue weighted by atomic mass is 32.1. The molecule has 0 saturated carbocycles. The lowest BCUT2D eigenvalue weighted by atomic mass is 9.98. The lowest BCUT2D eigenvalue weighted by Gasteiger charge is -2.12. The van der Waals surface area contributed by atoms with Crippen molar-refractivity contribution in [3.63, 3.8) is 0 Å². The van der Waals surface area contributed by atoms with E-state index in [0.29, 0.717) is 10.5 Å². The smallest absolute Gasteiger partial charge is 0.337 e. The zero-order chi connectivity index (χ0) is 12.3. The Hall–Kier alpha value is -1.33. The molecule has 0 heterocycles. The first-order valence-corrected chi connectivity index (χ1v) is 5.08. The number of benzene rings is 1. The van der Waals surface area contributed by atoms with Crippen molar-refractivity contribution in [2.45, 2.75) is 24.3 Å². The molecular formula is C11H12O4S. The highest BCUT2D eigenvalue weighted by Gasteiger charge is 2.20. The number of carboxylic acid groups (broad SMARTS) is 1. The topological polar surface area (TPSA) is 74.6 Å². The van der Waals surface area contributed by atoms with Gasteiger partial charge in [-0.05, 0) is 30.2 Å². The van der Waals surface area contributed by atoms with Crippen LogP contribution in [0.5, 0.6) is 0 Å². The summed E-state index contributed by atoms with van der Waals surface area (Å²) in [4.78, 5) is 22.2. The minimum absolute atomic E-state index is 0.0919. The van der Waals surface area contributed by atoms with Crippen LogP contribution in [0, 0.1) is 0 Å². The molecule has 4 nitrogen and oxygen atoms in total. The van der Waals surface area contributed by atoms with Gasteiger partial charge in [0.15, 0.2) is 6.10 Å². The molecule has 86 valence electrons. The summed E-state index contributed by atoms with van der Waals surface area (Å²) in [5, 5.41) is 18.2. The van der Waals surface area contributed by atoms with Gasteiger partial charge < -0.3 is 10.2 Å². The first-order valence-electron chi connectivity index (χ1n) is 4.64. The van der Waals surface area contributed by atoms with Crippen molar-refractivity contribution >= 4 is 24.4 Å². The lowest BCUT2D eigenvalue weighted by molar-refractivity contribution is -0.147. The molecule has 0 bridgehead atoms. The number of hydrogen-bond donors (Lipinski definition) is 3. The number of hydrogen-bond acceptors (Lipinski definition) is 4. The van der Waals surface area contributed by atoms with E-state index in [9.17, 15) is 14.7 Å². The Balaban J connectivity index is 3.17. The Morgan fingerprint density at radius 3 is 2.56 bits per heavy atom. The van der Waals surface area contributed by atoms with Crippen LogP contribution in [0.1, 0.15) is 24.2 Å². The van der Waals surface area contributed by atoms with Gasteiger partial charge in [0.2, 0.25) is 0 Å². The highest BCUT2D eigenvalue weighted by Crippen LogP contribution is 2.22. The van der Waals surface area contributed by atoms with E-state index in [1.807, 2.05) is 0 Å². The number of carbonyl (C=O) groups is 2. The number of carboxylic acids is 1. The van der Waals surface area contributed by atoms with E-state index in [-0.39, 0.29) is 17.8 Å². The first-order chi connectivity index (χ1) is 7.41. The van der Waals surface area contributed by atoms with Gasteiger partial charge in [-0.2, -0.15) is 0 Å². The molecular weight excluding hydrogens is 228 g/mol. The summed E-state index contributed by atoms with van der Waals surface area (Å²) >= 11 is 4.07. The van der Waals surface area contributed by atoms with E-state index >= 15 is 0 Å². The van der Waals surface area contributed by atoms with Crippen molar-refractivity contribution < 1.29 is 19.8 Å². The second-order valence-electron chi connectivity index (χ2n) is 3.50. The van der Waals surface area contributed by atoms with Crippen LogP contribution in [0.4, 0.5) is 0 Å². The van der Waals surface area contributed by atoms with E-state index in [1.165, 1.54) is 13.0 Å². The van der Waals surface area contributed by atoms with Crippen LogP contribution in [-0.2, 0) is 16.0 Å². The zero-order valence-electron chi connectivity index (χ0n) is 8.67. The Labute approximate surface area is 98.3 Å². The largest absolute Gasteiger partial charge is 0.479 e. The highest BCUT2D eigenvalue weighted by molar-refractivity contribution is 7.80. The minimum Gasteiger partial charge on any atom is -0.479 e. The van der Waals surface area contributed by atoms with Crippen molar-refractivity contribution in [2.24, 2.45) is 0 Å². The van der Waals surface area contributed by atoms with Crippen LogP contribution in [0.3, 0.4) is 0 Å². The molecule has 0 aliphatic heterocycles. The maximum absolute atomic E-state index is 11.0. The fourth-order valence-electron chi connectivity index (χ4n) is 1.40. The van der Waals surface area contributed by atoms with Crippen LogP contribution < -0.4 is 0 Å². The summed E-state index contributed by atoms with van der Waals surface area (Å²) < 4.78 is 0. The van der Waals surface area contributed by atoms with Gasteiger partial charge in [-0.1, -0.05) is 6.07 Å². The lowest BCUT2D eigenvalue weighted by Crippen LogP contribution is -2.14. The number of thiol groups is 1. The number of Topliss-reactive ketones (excluding diaryl/α,β-unsaturated/α-hetero) is 1. The normalized spacial score (nSPS) is 12.2. The van der Waals surface area contributed by atoms with E-state index in [4.69, 9.17) is 5.11 Å². The summed E-state index contributed by atoms with van der Waals surface area (Å²) in [7, 11) is 0. The van der Waals surface area contributed by atoms with E-state index in [2.05, 4.69) is 12.6 Å². The summed E-state index contributed by atoms with van der Waals surface area (Å²) in [6.45, 7) is 1.41. The Kier molecular flexibility index (Phi) is 4.09. The molecule has 1 atom stereocenters. The number of carbonyl (C=O) groups excluding carboxylic acids is 1. The molecule has 0 aliphatic carbocycles. The monoisotopic (exact) mass is 240 g/mol. The van der Waals surface area contributed by atoms with Gasteiger partial charge >= 0.3 is 5.97 Å². The van der Waals surface area contributed by atoms with Gasteiger partial charge in [0, 0.05) is 11.3 Å². The fourth-order valence-corrected chi connectivity index (χ4v) is 1.61. The predicted octanol–water partition coefficient (Wildman–Crippen LogP) is 1.22. The summed E-state index contributed by atoms with van der Waals surface area (Å²) in [6, 6.07) is 4.71. The van der Waals surface area contributed by atoms with E-state index in [1.54, 1.807) is 12.1 Å². The molecule has 0 aliphatic rings. The van der Waals surface area contributed by atoms with Crippen LogP contribution in [0.15, 0.2) is 23.1 Å². The number of ketones is 1. The maximum atomic E-state index is 11.0. The van der Waals surface area contributed by atoms with Crippen molar-refractivity contribution in [1.82, 2.24) is 0 Å². The first kappa shape index (κ1) is 12.7. The quantitative estimate of drug-likeness (QED) is 0.692. The third-order valence-corrected chi connectivity index (χ3v) is 2.38. The second-order valence-corrected chi connectivity index (χ2v) is 4.02. The molecule has 0 saturated heterocycles. The minimum atomic E-state index is -1.62. The number of aliphatic hydroxyl groups is 1. The Bertz CT molecular complexity index is 428. The van der Waals surface area contributed by atoms with Gasteiger partial charge in [-0.15, -0.1) is 12.6 Å². The fraction of sp³-hybridized carbons (Fsp3) is 0.273. The number of aliphatic carboxylic acids is 1. The summed E-state index contributed by atoms with van der Waals surface area (Å²) in [6.07, 6.45) is -1.52. The molecule has 0 spiro atoms. The molecule has 0 radical (unpaired) electrons. The molecule has 16 heavy (non-hydrogen) atoms. The van der Waals surface area contributed by atoms with Crippen molar-refractivity contribution in [3.05, 3.63) is 29.3 Å². The Morgan fingerprint density at radius 1 is 1.44 bits per heavy atom. The van der Waals surface area contributed by atoms with Crippen molar-refractivity contribution in [2.75, 3.05) is 0 Å². The predicted molar refractivity (Wildman–Crippen MR) is 60.7 cm³/mol. The molecule has 1 rings (SSSR count). The van der Waals surface area contributed by atoms with Crippen molar-refractivity contribution in [1.29, 1.82) is 0 Å². The average molecular weight is 240 g/mol. The molecule has 1 unspecified atom stereocenters. The number of rotatable bonds is 4. The zero-order valence-corrected chi connectivity index (χ0v) is 9.57. The molecule has 0 amide bonds. The van der Waals surface area contributed by atoms with Crippen LogP contribution in [-0.4, -0.2) is 22.0 Å². The maximum Gasteiger partial charge on any atom is 0.337 e. The average Bonchev–Trinajstić information content (AvgIpc) is 2.18. The molecule has 5 heteroatoms. The summed E-state index contributed by atoms with van der Waals surface area (Å²) in [5.41, 5.74) is 0.732. The van der Waals surface area contributed by atoms with E-state index < -0.39 is 12.1 Å². The van der Waals surface area contributed by atoms with Gasteiger partial charge in [0.05, 0.1) is 0 Å². The molecule has 2 N–H and O–H groups in total. The third-order valence-electron chi connectivity index (χ3n) is 2.10. The summed E-state index contributed by atoms with van der Waals surface area (Å²) in [5.74, 6) is -1.44. The van der Waals surface area contributed by atoms with Gasteiger partial charge in [-0.25, -0.2) is 4.79 Å².